The Hall–Kier alpha value is -3.46. The Morgan fingerprint density at radius 3 is 2.50 bits per heavy atom. The number of hydrogen-bond donors (Lipinski definition) is 3. The Balaban J connectivity index is 1.35. The summed E-state index contributed by atoms with van der Waals surface area (Å²) in [6, 6.07) is 3.27. The summed E-state index contributed by atoms with van der Waals surface area (Å²) in [5.74, 6) is -0.749. The molecule has 3 aromatic rings. The average Bonchev–Trinajstić information content (AvgIpc) is 3.62. The molecule has 0 bridgehead atoms. The largest absolute Gasteiger partial charge is 0.465 e. The third kappa shape index (κ3) is 5.44. The number of benzene rings is 1. The van der Waals surface area contributed by atoms with Gasteiger partial charge in [0, 0.05) is 49.7 Å². The molecule has 0 spiro atoms. The van der Waals surface area contributed by atoms with Gasteiger partial charge in [-0.1, -0.05) is 10.4 Å². The van der Waals surface area contributed by atoms with Gasteiger partial charge in [0.2, 0.25) is 0 Å². The first-order valence-corrected chi connectivity index (χ1v) is 13.0. The van der Waals surface area contributed by atoms with E-state index in [0.29, 0.717) is 37.4 Å². The lowest BCUT2D eigenvalue weighted by molar-refractivity contribution is -0.212. The molecule has 4 heterocycles. The Labute approximate surface area is 228 Å². The number of aliphatic hydroxyl groups excluding tert-OH is 2. The van der Waals surface area contributed by atoms with E-state index in [0.717, 1.165) is 12.1 Å². The van der Waals surface area contributed by atoms with Gasteiger partial charge < -0.3 is 34.2 Å². The molecule has 2 aliphatic rings. The fourth-order valence-electron chi connectivity index (χ4n) is 5.46. The maximum absolute atomic E-state index is 14.2. The number of likely N-dealkylation sites (tertiary alicyclic amines) is 1. The van der Waals surface area contributed by atoms with Crippen LogP contribution in [-0.4, -0.2) is 97.7 Å². The number of methoxy groups -OCH3 is 1. The van der Waals surface area contributed by atoms with Crippen molar-refractivity contribution in [1.29, 1.82) is 0 Å². The molecule has 40 heavy (non-hydrogen) atoms. The van der Waals surface area contributed by atoms with Crippen LogP contribution in [0.5, 0.6) is 0 Å². The van der Waals surface area contributed by atoms with Gasteiger partial charge in [-0.15, -0.1) is 5.10 Å². The molecule has 2 aliphatic heterocycles. The molecule has 216 valence electrons. The van der Waals surface area contributed by atoms with Crippen LogP contribution in [-0.2, 0) is 15.9 Å². The summed E-state index contributed by atoms with van der Waals surface area (Å²) >= 11 is 0. The number of aliphatic hydroxyl groups is 2. The Kier molecular flexibility index (Phi) is 8.12. The smallest absolute Gasteiger partial charge is 0.407 e. The van der Waals surface area contributed by atoms with Gasteiger partial charge in [-0.2, -0.15) is 0 Å². The van der Waals surface area contributed by atoms with E-state index in [1.165, 1.54) is 29.8 Å². The van der Waals surface area contributed by atoms with E-state index in [2.05, 4.69) is 15.5 Å². The fourth-order valence-corrected chi connectivity index (χ4v) is 5.46. The summed E-state index contributed by atoms with van der Waals surface area (Å²) in [4.78, 5) is 12.6. The van der Waals surface area contributed by atoms with Gasteiger partial charge in [0.05, 0.1) is 24.6 Å². The van der Waals surface area contributed by atoms with Crippen molar-refractivity contribution in [3.8, 4) is 11.3 Å². The lowest BCUT2D eigenvalue weighted by Crippen LogP contribution is -2.57. The molecule has 14 heteroatoms. The van der Waals surface area contributed by atoms with Gasteiger partial charge in [-0.25, -0.2) is 18.3 Å². The monoisotopic (exact) mass is 563 g/mol. The van der Waals surface area contributed by atoms with Crippen LogP contribution in [0.4, 0.5) is 13.6 Å². The topological polar surface area (TPSA) is 156 Å². The molecular weight excluding hydrogens is 532 g/mol. The number of hydrogen-bond acceptors (Lipinski definition) is 9. The molecule has 12 nitrogen and oxygen atoms in total. The molecule has 2 aromatic heterocycles. The maximum Gasteiger partial charge on any atom is 0.407 e. The van der Waals surface area contributed by atoms with Crippen LogP contribution < -0.4 is 0 Å². The summed E-state index contributed by atoms with van der Waals surface area (Å²) in [6.07, 6.45) is -1.68. The van der Waals surface area contributed by atoms with E-state index in [1.54, 1.807) is 6.07 Å². The SMILES string of the molecule is CO[C@@H]1[C@@H](n2cc(-c3cc(F)c(C)c(F)c3)nn2)[C@@H](O)[C@@H](CO)O[C@@H]1Cc1cc(C2CCN(C(=O)O)CC2)on1. The van der Waals surface area contributed by atoms with Crippen LogP contribution in [0, 0.1) is 18.6 Å². The summed E-state index contributed by atoms with van der Waals surface area (Å²) in [5, 5.41) is 42.5. The number of aromatic nitrogens is 4. The fraction of sp³-hybridized carbons (Fsp3) is 0.538. The lowest BCUT2D eigenvalue weighted by atomic mass is 9.89. The standard InChI is InChI=1S/C26H31F2N5O7/c1-13-17(27)7-15(8-18(13)28)19-11-33(31-29-19)23-24(35)22(12-34)39-21(25(23)38-2)10-16-9-20(40-30-16)14-3-5-32(6-4-14)26(36)37/h7-9,11,14,21-25,34-35H,3-6,10,12H2,1-2H3,(H,36,37)/t21-,22-,23+,24+,25+/m1/s1. The Morgan fingerprint density at radius 1 is 1.18 bits per heavy atom. The van der Waals surface area contributed by atoms with Crippen molar-refractivity contribution in [2.24, 2.45) is 0 Å². The van der Waals surface area contributed by atoms with Crippen molar-refractivity contribution in [2.45, 2.75) is 62.6 Å². The minimum absolute atomic E-state index is 0.0344. The molecule has 1 aromatic carbocycles. The van der Waals surface area contributed by atoms with Crippen molar-refractivity contribution < 1.29 is 42.9 Å². The van der Waals surface area contributed by atoms with Crippen molar-refractivity contribution in [2.75, 3.05) is 26.8 Å². The van der Waals surface area contributed by atoms with E-state index >= 15 is 0 Å². The highest BCUT2D eigenvalue weighted by Gasteiger charge is 2.47. The van der Waals surface area contributed by atoms with Crippen LogP contribution in [0.25, 0.3) is 11.3 Å². The molecule has 2 fully saturated rings. The summed E-state index contributed by atoms with van der Waals surface area (Å²) < 4.78 is 47.0. The van der Waals surface area contributed by atoms with Crippen molar-refractivity contribution >= 4 is 6.09 Å². The van der Waals surface area contributed by atoms with E-state index in [1.807, 2.05) is 0 Å². The zero-order valence-corrected chi connectivity index (χ0v) is 22.0. The van der Waals surface area contributed by atoms with Crippen LogP contribution in [0.1, 0.15) is 41.8 Å². The number of nitrogens with zero attached hydrogens (tertiary/aromatic N) is 5. The number of carbonyl (C=O) groups is 1. The number of ether oxygens (including phenoxy) is 2. The zero-order chi connectivity index (χ0) is 28.6. The minimum Gasteiger partial charge on any atom is -0.465 e. The molecule has 2 saturated heterocycles. The highest BCUT2D eigenvalue weighted by molar-refractivity contribution is 5.65. The second kappa shape index (κ2) is 11.6. The van der Waals surface area contributed by atoms with Gasteiger partial charge in [0.15, 0.2) is 0 Å². The van der Waals surface area contributed by atoms with Crippen LogP contribution in [0.2, 0.25) is 0 Å². The number of carboxylic acid groups (broad SMARTS) is 1. The van der Waals surface area contributed by atoms with E-state index < -0.39 is 54.8 Å². The predicted molar refractivity (Wildman–Crippen MR) is 133 cm³/mol. The third-order valence-corrected chi connectivity index (χ3v) is 7.78. The van der Waals surface area contributed by atoms with Gasteiger partial charge >= 0.3 is 6.09 Å². The quantitative estimate of drug-likeness (QED) is 0.390. The van der Waals surface area contributed by atoms with Crippen molar-refractivity contribution in [3.05, 3.63) is 53.0 Å². The number of halogens is 2. The van der Waals surface area contributed by atoms with Crippen molar-refractivity contribution in [1.82, 2.24) is 25.1 Å². The van der Waals surface area contributed by atoms with Gasteiger partial charge in [0.25, 0.3) is 0 Å². The molecule has 0 aliphatic carbocycles. The second-order valence-electron chi connectivity index (χ2n) is 10.2. The first-order chi connectivity index (χ1) is 19.2. The number of piperidine rings is 1. The molecule has 0 radical (unpaired) electrons. The summed E-state index contributed by atoms with van der Waals surface area (Å²) in [7, 11) is 1.45. The maximum atomic E-state index is 14.2. The molecule has 1 amide bonds. The van der Waals surface area contributed by atoms with Gasteiger partial charge in [0.1, 0.15) is 47.4 Å². The predicted octanol–water partition coefficient (Wildman–Crippen LogP) is 2.30. The van der Waals surface area contributed by atoms with Crippen LogP contribution in [0.3, 0.4) is 0 Å². The van der Waals surface area contributed by atoms with E-state index in [9.17, 15) is 28.9 Å². The highest BCUT2D eigenvalue weighted by atomic mass is 19.1. The first kappa shape index (κ1) is 28.1. The number of amides is 1. The zero-order valence-electron chi connectivity index (χ0n) is 22.0. The Morgan fingerprint density at radius 2 is 1.88 bits per heavy atom. The normalized spacial score (nSPS) is 25.9. The highest BCUT2D eigenvalue weighted by Crippen LogP contribution is 2.35. The molecule has 5 atom stereocenters. The Bertz CT molecular complexity index is 1320. The second-order valence-corrected chi connectivity index (χ2v) is 10.2. The van der Waals surface area contributed by atoms with Crippen molar-refractivity contribution in [3.63, 3.8) is 0 Å². The van der Waals surface area contributed by atoms with Crippen LogP contribution >= 0.6 is 0 Å². The lowest BCUT2D eigenvalue weighted by Gasteiger charge is -2.43. The van der Waals surface area contributed by atoms with E-state index in [4.69, 9.17) is 14.0 Å². The number of rotatable bonds is 7. The molecule has 3 N–H and O–H groups in total. The molecule has 5 rings (SSSR count). The van der Waals surface area contributed by atoms with Crippen LogP contribution in [0.15, 0.2) is 28.9 Å². The minimum atomic E-state index is -1.24. The van der Waals surface area contributed by atoms with E-state index in [-0.39, 0.29) is 29.2 Å². The summed E-state index contributed by atoms with van der Waals surface area (Å²) in [5.41, 5.74) is 0.839. The van der Waals surface area contributed by atoms with Gasteiger partial charge in [-0.05, 0) is 31.9 Å². The first-order valence-electron chi connectivity index (χ1n) is 13.0. The average molecular weight is 564 g/mol. The third-order valence-electron chi connectivity index (χ3n) is 7.78. The van der Waals surface area contributed by atoms with Gasteiger partial charge in [-0.3, -0.25) is 0 Å². The molecule has 0 unspecified atom stereocenters. The molecular formula is C26H31F2N5O7. The molecule has 0 saturated carbocycles. The summed E-state index contributed by atoms with van der Waals surface area (Å²) in [6.45, 7) is 1.68.